The van der Waals surface area contributed by atoms with Crippen molar-refractivity contribution in [1.29, 1.82) is 0 Å². The molecule has 0 saturated heterocycles. The quantitative estimate of drug-likeness (QED) is 0.716. The van der Waals surface area contributed by atoms with Crippen molar-refractivity contribution in [2.45, 2.75) is 26.7 Å². The van der Waals surface area contributed by atoms with Gasteiger partial charge in [0.2, 0.25) is 0 Å². The fourth-order valence-electron chi connectivity index (χ4n) is 2.49. The molecule has 2 heterocycles. The van der Waals surface area contributed by atoms with Gasteiger partial charge in [0.05, 0.1) is 12.0 Å². The molecule has 0 saturated carbocycles. The van der Waals surface area contributed by atoms with Gasteiger partial charge in [-0.15, -0.1) is 0 Å². The van der Waals surface area contributed by atoms with Gasteiger partial charge >= 0.3 is 0 Å². The lowest BCUT2D eigenvalue weighted by Gasteiger charge is -2.08. The van der Waals surface area contributed by atoms with E-state index in [0.717, 1.165) is 0 Å². The molecule has 0 unspecified atom stereocenters. The number of carbonyl (C=O) groups excluding carboxylic acids is 2. The number of benzene rings is 1. The highest BCUT2D eigenvalue weighted by Crippen LogP contribution is 2.24. The molecule has 0 aliphatic rings. The summed E-state index contributed by atoms with van der Waals surface area (Å²) in [7, 11) is 0. The Balaban J connectivity index is 1.69. The Morgan fingerprint density at radius 1 is 1.00 bits per heavy atom. The number of aromatic nitrogens is 1. The fourth-order valence-corrected chi connectivity index (χ4v) is 2.49. The summed E-state index contributed by atoms with van der Waals surface area (Å²) >= 11 is 0. The number of hydrogen-bond acceptors (Lipinski definition) is 5. The lowest BCUT2D eigenvalue weighted by atomic mass is 10.0. The van der Waals surface area contributed by atoms with Gasteiger partial charge in [0.25, 0.3) is 11.8 Å². The number of rotatable bonds is 5. The summed E-state index contributed by atoms with van der Waals surface area (Å²) in [5, 5.41) is 9.41. The topological polar surface area (TPSA) is 97.4 Å². The average Bonchev–Trinajstić information content (AvgIpc) is 3.26. The van der Waals surface area contributed by atoms with Crippen molar-refractivity contribution in [1.82, 2.24) is 5.16 Å². The first-order chi connectivity index (χ1) is 12.5. The van der Waals surface area contributed by atoms with Crippen molar-refractivity contribution >= 4 is 23.2 Å². The minimum absolute atomic E-state index is 0.0520. The molecule has 134 valence electrons. The predicted octanol–water partition coefficient (Wildman–Crippen LogP) is 4.20. The van der Waals surface area contributed by atoms with Crippen LogP contribution < -0.4 is 10.6 Å². The molecule has 2 amide bonds. The molecule has 0 aliphatic carbocycles. The number of hydrogen-bond donors (Lipinski definition) is 2. The summed E-state index contributed by atoms with van der Waals surface area (Å²) in [6, 6.07) is 10.0. The van der Waals surface area contributed by atoms with E-state index in [1.807, 2.05) is 13.8 Å². The lowest BCUT2D eigenvalue weighted by molar-refractivity contribution is 0.0994. The second-order valence-electron chi connectivity index (χ2n) is 6.12. The lowest BCUT2D eigenvalue weighted by Crippen LogP contribution is -2.15. The second-order valence-corrected chi connectivity index (χ2v) is 6.12. The van der Waals surface area contributed by atoms with E-state index in [9.17, 15) is 9.59 Å². The summed E-state index contributed by atoms with van der Waals surface area (Å²) in [5.41, 5.74) is 2.19. The van der Waals surface area contributed by atoms with Crippen LogP contribution in [0.5, 0.6) is 0 Å². The number of nitrogens with zero attached hydrogens (tertiary/aromatic N) is 1. The zero-order chi connectivity index (χ0) is 18.7. The Hall–Kier alpha value is -3.35. The van der Waals surface area contributed by atoms with E-state index in [1.54, 1.807) is 43.3 Å². The first kappa shape index (κ1) is 17.5. The van der Waals surface area contributed by atoms with Crippen LogP contribution in [0.1, 0.15) is 52.1 Å². The third-order valence-electron chi connectivity index (χ3n) is 3.79. The van der Waals surface area contributed by atoms with Crippen molar-refractivity contribution in [3.05, 3.63) is 65.4 Å². The van der Waals surface area contributed by atoms with Crippen LogP contribution in [0.4, 0.5) is 11.4 Å². The summed E-state index contributed by atoms with van der Waals surface area (Å²) in [5.74, 6) is 0.221. The van der Waals surface area contributed by atoms with Crippen LogP contribution in [0.15, 0.2) is 51.6 Å². The molecule has 0 spiro atoms. The Bertz CT molecular complexity index is 909. The van der Waals surface area contributed by atoms with Gasteiger partial charge in [-0.05, 0) is 43.3 Å². The first-order valence-corrected chi connectivity index (χ1v) is 8.18. The molecule has 7 heteroatoms. The third kappa shape index (κ3) is 3.66. The highest BCUT2D eigenvalue weighted by molar-refractivity contribution is 6.06. The molecule has 0 radical (unpaired) electrons. The van der Waals surface area contributed by atoms with E-state index in [4.69, 9.17) is 8.94 Å². The number of nitrogens with one attached hydrogen (secondary N) is 2. The smallest absolute Gasteiger partial charge is 0.291 e. The summed E-state index contributed by atoms with van der Waals surface area (Å²) in [4.78, 5) is 24.5. The minimum Gasteiger partial charge on any atom is -0.459 e. The van der Waals surface area contributed by atoms with Crippen LogP contribution in [-0.4, -0.2) is 17.0 Å². The molecule has 26 heavy (non-hydrogen) atoms. The van der Waals surface area contributed by atoms with Crippen molar-refractivity contribution < 1.29 is 18.5 Å². The maximum atomic E-state index is 12.5. The highest BCUT2D eigenvalue weighted by atomic mass is 16.5. The van der Waals surface area contributed by atoms with Crippen LogP contribution in [0.2, 0.25) is 0 Å². The maximum absolute atomic E-state index is 12.5. The van der Waals surface area contributed by atoms with Gasteiger partial charge in [-0.1, -0.05) is 19.0 Å². The largest absolute Gasteiger partial charge is 0.459 e. The standard InChI is InChI=1S/C19H19N3O4/c1-11(2)17-16(12(3)22-26-17)19(24)21-14-8-6-13(7-9-14)20-18(23)15-5-4-10-25-15/h4-11H,1-3H3,(H,20,23)(H,21,24). The minimum atomic E-state index is -0.339. The van der Waals surface area contributed by atoms with Gasteiger partial charge < -0.3 is 19.6 Å². The number of anilines is 2. The van der Waals surface area contributed by atoms with Gasteiger partial charge in [0.15, 0.2) is 11.5 Å². The molecule has 0 aliphatic heterocycles. The number of aryl methyl sites for hydroxylation is 1. The van der Waals surface area contributed by atoms with Gasteiger partial charge in [-0.3, -0.25) is 9.59 Å². The van der Waals surface area contributed by atoms with Gasteiger partial charge in [-0.25, -0.2) is 0 Å². The van der Waals surface area contributed by atoms with E-state index in [-0.39, 0.29) is 23.5 Å². The zero-order valence-electron chi connectivity index (χ0n) is 14.7. The van der Waals surface area contributed by atoms with Crippen molar-refractivity contribution in [3.63, 3.8) is 0 Å². The van der Waals surface area contributed by atoms with E-state index < -0.39 is 0 Å². The summed E-state index contributed by atoms with van der Waals surface area (Å²) < 4.78 is 10.3. The molecular weight excluding hydrogens is 334 g/mol. The highest BCUT2D eigenvalue weighted by Gasteiger charge is 2.22. The van der Waals surface area contributed by atoms with Crippen LogP contribution in [0, 0.1) is 6.92 Å². The third-order valence-corrected chi connectivity index (χ3v) is 3.79. The van der Waals surface area contributed by atoms with Crippen LogP contribution in [0.3, 0.4) is 0 Å². The number of furan rings is 1. The van der Waals surface area contributed by atoms with E-state index in [1.165, 1.54) is 6.26 Å². The molecule has 2 N–H and O–H groups in total. The molecule has 1 aromatic carbocycles. The van der Waals surface area contributed by atoms with E-state index >= 15 is 0 Å². The number of carbonyl (C=O) groups is 2. The molecule has 3 rings (SSSR count). The number of amides is 2. The summed E-state index contributed by atoms with van der Waals surface area (Å²) in [6.45, 7) is 5.61. The molecule has 0 fully saturated rings. The van der Waals surface area contributed by atoms with E-state index in [0.29, 0.717) is 28.4 Å². The van der Waals surface area contributed by atoms with E-state index in [2.05, 4.69) is 15.8 Å². The average molecular weight is 353 g/mol. The molecule has 0 bridgehead atoms. The first-order valence-electron chi connectivity index (χ1n) is 8.18. The van der Waals surface area contributed by atoms with Crippen molar-refractivity contribution in [2.75, 3.05) is 10.6 Å². The molecule has 2 aromatic heterocycles. The zero-order valence-corrected chi connectivity index (χ0v) is 14.7. The molecule has 7 nitrogen and oxygen atoms in total. The van der Waals surface area contributed by atoms with Crippen molar-refractivity contribution in [3.8, 4) is 0 Å². The molecule has 3 aromatic rings. The molecular formula is C19H19N3O4. The Morgan fingerprint density at radius 3 is 2.15 bits per heavy atom. The SMILES string of the molecule is Cc1noc(C(C)C)c1C(=O)Nc1ccc(NC(=O)c2ccco2)cc1. The predicted molar refractivity (Wildman–Crippen MR) is 96.4 cm³/mol. The van der Waals surface area contributed by atoms with Crippen molar-refractivity contribution in [2.24, 2.45) is 0 Å². The molecule has 0 atom stereocenters. The fraction of sp³-hybridized carbons (Fsp3) is 0.211. The van der Waals surface area contributed by atoms with Gasteiger partial charge in [0, 0.05) is 17.3 Å². The van der Waals surface area contributed by atoms with Crippen LogP contribution in [-0.2, 0) is 0 Å². The second kappa shape index (κ2) is 7.26. The van der Waals surface area contributed by atoms with Gasteiger partial charge in [-0.2, -0.15) is 0 Å². The Kier molecular flexibility index (Phi) is 4.88. The summed E-state index contributed by atoms with van der Waals surface area (Å²) in [6.07, 6.45) is 1.44. The monoisotopic (exact) mass is 353 g/mol. The Labute approximate surface area is 150 Å². The van der Waals surface area contributed by atoms with Crippen LogP contribution in [0.25, 0.3) is 0 Å². The normalized spacial score (nSPS) is 10.8. The Morgan fingerprint density at radius 2 is 1.62 bits per heavy atom. The van der Waals surface area contributed by atoms with Gasteiger partial charge in [0.1, 0.15) is 5.56 Å². The maximum Gasteiger partial charge on any atom is 0.291 e. The van der Waals surface area contributed by atoms with Crippen LogP contribution >= 0.6 is 0 Å².